The number of nitrogens with one attached hydrogen (secondary N) is 2. The van der Waals surface area contributed by atoms with Gasteiger partial charge in [-0.2, -0.15) is 5.26 Å². The van der Waals surface area contributed by atoms with Crippen molar-refractivity contribution in [1.82, 2.24) is 10.2 Å². The number of urea groups is 1. The Morgan fingerprint density at radius 3 is 2.49 bits per heavy atom. The molecule has 2 amide bonds. The number of rotatable bonds is 9. The Labute approximate surface area is 220 Å². The first-order valence-electron chi connectivity index (χ1n) is 12.7. The minimum atomic E-state index is -0.759. The second kappa shape index (κ2) is 13.0. The third kappa shape index (κ3) is 8.14. The molecule has 6 nitrogen and oxygen atoms in total. The number of carbonyl (C=O) groups excluding carboxylic acids is 1. The second-order valence-electron chi connectivity index (χ2n) is 9.73. The minimum absolute atomic E-state index is 0. The number of nitriles is 1. The Morgan fingerprint density at radius 2 is 1.78 bits per heavy atom. The van der Waals surface area contributed by atoms with Crippen molar-refractivity contribution < 1.29 is 17.1 Å². The molecular formula is C30H37FN4O2. The van der Waals surface area contributed by atoms with E-state index in [-0.39, 0.29) is 8.67 Å². The van der Waals surface area contributed by atoms with Crippen molar-refractivity contribution in [2.75, 3.05) is 25.0 Å². The fourth-order valence-electron chi connectivity index (χ4n) is 4.87. The van der Waals surface area contributed by atoms with E-state index in [9.17, 15) is 14.3 Å². The maximum atomic E-state index is 13.2. The molecule has 1 heterocycles. The van der Waals surface area contributed by atoms with Crippen molar-refractivity contribution in [2.45, 2.75) is 37.8 Å². The van der Waals surface area contributed by atoms with Gasteiger partial charge in [-0.05, 0) is 86.1 Å². The van der Waals surface area contributed by atoms with Crippen LogP contribution in [0.25, 0.3) is 0 Å². The predicted octanol–water partition coefficient (Wildman–Crippen LogP) is 5.24. The van der Waals surface area contributed by atoms with Crippen LogP contribution in [-0.2, 0) is 12.8 Å². The van der Waals surface area contributed by atoms with Crippen LogP contribution < -0.4 is 10.6 Å². The summed E-state index contributed by atoms with van der Waals surface area (Å²) < 4.78 is 13.2. The highest BCUT2D eigenvalue weighted by atomic mass is 19.1. The Bertz CT molecular complexity index is 1200. The van der Waals surface area contributed by atoms with Gasteiger partial charge in [0.05, 0.1) is 23.8 Å². The van der Waals surface area contributed by atoms with Crippen molar-refractivity contribution in [3.8, 4) is 6.07 Å². The van der Waals surface area contributed by atoms with Gasteiger partial charge in [-0.1, -0.05) is 48.5 Å². The lowest BCUT2D eigenvalue weighted by molar-refractivity contribution is 0.0659. The number of piperidine rings is 1. The number of likely N-dealkylation sites (tertiary alicyclic amines) is 1. The van der Waals surface area contributed by atoms with Crippen LogP contribution in [0.15, 0.2) is 78.9 Å². The van der Waals surface area contributed by atoms with Gasteiger partial charge in [0.15, 0.2) is 0 Å². The van der Waals surface area contributed by atoms with Gasteiger partial charge in [0, 0.05) is 15.1 Å². The van der Waals surface area contributed by atoms with Crippen LogP contribution >= 0.6 is 0 Å². The number of benzene rings is 3. The summed E-state index contributed by atoms with van der Waals surface area (Å²) >= 11 is 0. The third-order valence-electron chi connectivity index (χ3n) is 6.92. The Balaban J connectivity index is 0.00000267. The van der Waals surface area contributed by atoms with Crippen LogP contribution in [0.4, 0.5) is 14.9 Å². The number of carbonyl (C=O) groups is 1. The SMILES string of the molecule is N#Cc1cccc(NC(=O)NC(Cc2ccccc2)C(O)CN2CCC(Cc3ccc(F)cc3)CC2)c1.[HH].[HH]. The van der Waals surface area contributed by atoms with Crippen LogP contribution in [0.5, 0.6) is 0 Å². The summed E-state index contributed by atoms with van der Waals surface area (Å²) in [4.78, 5) is 15.0. The van der Waals surface area contributed by atoms with Crippen LogP contribution in [-0.4, -0.2) is 47.8 Å². The molecule has 2 atom stereocenters. The van der Waals surface area contributed by atoms with E-state index in [0.717, 1.165) is 43.5 Å². The largest absolute Gasteiger partial charge is 0.390 e. The second-order valence-corrected chi connectivity index (χ2v) is 9.73. The van der Waals surface area contributed by atoms with E-state index in [2.05, 4.69) is 21.6 Å². The lowest BCUT2D eigenvalue weighted by Gasteiger charge is -2.35. The molecule has 4 rings (SSSR count). The normalized spacial score (nSPS) is 15.9. The molecule has 7 heteroatoms. The van der Waals surface area contributed by atoms with E-state index >= 15 is 0 Å². The molecule has 0 saturated carbocycles. The number of aliphatic hydroxyl groups excluding tert-OH is 1. The number of nitrogens with zero attached hydrogens (tertiary/aromatic N) is 2. The first-order chi connectivity index (χ1) is 18.0. The van der Waals surface area contributed by atoms with Crippen LogP contribution in [0.3, 0.4) is 0 Å². The number of halogens is 1. The maximum Gasteiger partial charge on any atom is 0.319 e. The third-order valence-corrected chi connectivity index (χ3v) is 6.92. The van der Waals surface area contributed by atoms with Gasteiger partial charge in [-0.25, -0.2) is 9.18 Å². The van der Waals surface area contributed by atoms with Gasteiger partial charge < -0.3 is 20.6 Å². The highest BCUT2D eigenvalue weighted by Crippen LogP contribution is 2.22. The van der Waals surface area contributed by atoms with E-state index in [1.165, 1.54) is 12.1 Å². The molecule has 3 aromatic carbocycles. The van der Waals surface area contributed by atoms with E-state index in [1.54, 1.807) is 24.3 Å². The molecule has 0 bridgehead atoms. The number of anilines is 1. The highest BCUT2D eigenvalue weighted by Gasteiger charge is 2.27. The summed E-state index contributed by atoms with van der Waals surface area (Å²) in [6.45, 7) is 2.20. The van der Waals surface area contributed by atoms with E-state index in [4.69, 9.17) is 5.26 Å². The van der Waals surface area contributed by atoms with Crippen LogP contribution in [0.1, 0.15) is 32.4 Å². The molecule has 3 aromatic rings. The Morgan fingerprint density at radius 1 is 1.05 bits per heavy atom. The minimum Gasteiger partial charge on any atom is -0.390 e. The molecular weight excluding hydrogens is 467 g/mol. The molecule has 1 fully saturated rings. The molecule has 0 spiro atoms. The Kier molecular flexibility index (Phi) is 9.25. The molecule has 37 heavy (non-hydrogen) atoms. The molecule has 0 radical (unpaired) electrons. The lowest BCUT2D eigenvalue weighted by Crippen LogP contribution is -2.51. The van der Waals surface area contributed by atoms with Gasteiger partial charge in [0.2, 0.25) is 0 Å². The van der Waals surface area contributed by atoms with E-state index in [0.29, 0.717) is 30.1 Å². The molecule has 3 N–H and O–H groups in total. The first-order valence-corrected chi connectivity index (χ1v) is 12.7. The summed E-state index contributed by atoms with van der Waals surface area (Å²) in [7, 11) is 0. The molecule has 2 unspecified atom stereocenters. The van der Waals surface area contributed by atoms with Crippen molar-refractivity contribution in [1.29, 1.82) is 5.26 Å². The summed E-state index contributed by atoms with van der Waals surface area (Å²) in [6, 6.07) is 24.4. The molecule has 1 aliphatic heterocycles. The topological polar surface area (TPSA) is 88.4 Å². The zero-order chi connectivity index (χ0) is 26.0. The first kappa shape index (κ1) is 26.3. The van der Waals surface area contributed by atoms with Crippen molar-refractivity contribution in [3.63, 3.8) is 0 Å². The van der Waals surface area contributed by atoms with Gasteiger partial charge in [-0.3, -0.25) is 0 Å². The van der Waals surface area contributed by atoms with Crippen molar-refractivity contribution >= 4 is 11.7 Å². The maximum absolute atomic E-state index is 13.2. The lowest BCUT2D eigenvalue weighted by atomic mass is 9.90. The average Bonchev–Trinajstić information content (AvgIpc) is 2.91. The smallest absolute Gasteiger partial charge is 0.319 e. The van der Waals surface area contributed by atoms with Crippen molar-refractivity contribution in [3.05, 3.63) is 101 Å². The summed E-state index contributed by atoms with van der Waals surface area (Å²) in [5, 5.41) is 26.0. The van der Waals surface area contributed by atoms with E-state index < -0.39 is 18.2 Å². The zero-order valence-corrected chi connectivity index (χ0v) is 20.8. The quantitative estimate of drug-likeness (QED) is 0.372. The molecule has 196 valence electrons. The molecule has 0 aliphatic carbocycles. The fourth-order valence-corrected chi connectivity index (χ4v) is 4.87. The average molecular weight is 505 g/mol. The van der Waals surface area contributed by atoms with Gasteiger partial charge in [0.1, 0.15) is 5.82 Å². The van der Waals surface area contributed by atoms with Gasteiger partial charge in [-0.15, -0.1) is 0 Å². The van der Waals surface area contributed by atoms with Gasteiger partial charge >= 0.3 is 6.03 Å². The van der Waals surface area contributed by atoms with E-state index in [1.807, 2.05) is 42.5 Å². The summed E-state index contributed by atoms with van der Waals surface area (Å²) in [5.41, 5.74) is 3.16. The molecule has 1 saturated heterocycles. The monoisotopic (exact) mass is 504 g/mol. The fraction of sp³-hybridized carbons (Fsp3) is 0.333. The number of aliphatic hydroxyl groups is 1. The van der Waals surface area contributed by atoms with Crippen LogP contribution in [0, 0.1) is 23.1 Å². The standard InChI is InChI=1S/C30H33FN4O2.2H2/c31-26-11-9-23(10-12-26)17-24-13-15-35(16-14-24)21-29(36)28(19-22-5-2-1-3-6-22)34-30(37)33-27-8-4-7-25(18-27)20-32;;/h1-12,18,24,28-29,36H,13-17,19,21H2,(H2,33,34,37);2*1H. The predicted molar refractivity (Wildman–Crippen MR) is 147 cm³/mol. The number of β-amino-alcohol motifs (C(OH)–C–C–N with tert-alkyl or cyclic N) is 1. The highest BCUT2D eigenvalue weighted by molar-refractivity contribution is 5.89. The number of hydrogen-bond acceptors (Lipinski definition) is 4. The van der Waals surface area contributed by atoms with Gasteiger partial charge in [0.25, 0.3) is 0 Å². The summed E-state index contributed by atoms with van der Waals surface area (Å²) in [6.07, 6.45) is 2.69. The Hall–Kier alpha value is -3.73. The molecule has 1 aliphatic rings. The number of amides is 2. The zero-order valence-electron chi connectivity index (χ0n) is 20.8. The summed E-state index contributed by atoms with van der Waals surface area (Å²) in [5.74, 6) is 0.322. The molecule has 0 aromatic heterocycles. The number of hydrogen-bond donors (Lipinski definition) is 3. The van der Waals surface area contributed by atoms with Crippen molar-refractivity contribution in [2.24, 2.45) is 5.92 Å². The van der Waals surface area contributed by atoms with Crippen LogP contribution in [0.2, 0.25) is 0 Å².